The standard InChI is InChI=1S/C40H68N2O3/c1-27(2)29-17-22-40(35(44)42-26-14-12-10-11-13-25-41-9)24-23-38(7)30(34(29)40)15-16-32-37(6)20-19-33(45-28(3)43)36(4,5)31(37)18-21-39(32,38)8/h29-34,41H,1,10-26H2,2-9H3,(H,42,44)/t29-,30+,31-,32?,33-,34+,37-,38+,39+,40-/m0/s1. The van der Waals surface area contributed by atoms with E-state index < -0.39 is 0 Å². The van der Waals surface area contributed by atoms with Gasteiger partial charge in [0.25, 0.3) is 0 Å². The van der Waals surface area contributed by atoms with Crippen molar-refractivity contribution in [3.8, 4) is 0 Å². The van der Waals surface area contributed by atoms with E-state index >= 15 is 0 Å². The number of carbonyl (C=O) groups excluding carboxylic acids is 2. The molecule has 5 heteroatoms. The summed E-state index contributed by atoms with van der Waals surface area (Å²) in [6, 6.07) is 0. The van der Waals surface area contributed by atoms with Crippen LogP contribution in [0.25, 0.3) is 0 Å². The summed E-state index contributed by atoms with van der Waals surface area (Å²) in [6.07, 6.45) is 17.5. The Kier molecular flexibility index (Phi) is 10.0. The van der Waals surface area contributed by atoms with Crippen molar-refractivity contribution in [3.05, 3.63) is 12.2 Å². The van der Waals surface area contributed by atoms with Gasteiger partial charge in [0.15, 0.2) is 0 Å². The van der Waals surface area contributed by atoms with Crippen LogP contribution in [0.5, 0.6) is 0 Å². The van der Waals surface area contributed by atoms with E-state index in [4.69, 9.17) is 4.74 Å². The number of esters is 1. The fourth-order valence-corrected chi connectivity index (χ4v) is 13.3. The number of rotatable bonds is 11. The highest BCUT2D eigenvalue weighted by atomic mass is 16.5. The Morgan fingerprint density at radius 1 is 0.756 bits per heavy atom. The van der Waals surface area contributed by atoms with E-state index in [1.807, 2.05) is 7.05 Å². The first-order valence-corrected chi connectivity index (χ1v) is 18.9. The van der Waals surface area contributed by atoms with Gasteiger partial charge in [-0.2, -0.15) is 0 Å². The molecule has 0 heterocycles. The van der Waals surface area contributed by atoms with E-state index in [1.54, 1.807) is 6.92 Å². The fourth-order valence-electron chi connectivity index (χ4n) is 13.3. The van der Waals surface area contributed by atoms with E-state index in [1.165, 1.54) is 63.4 Å². The van der Waals surface area contributed by atoms with Gasteiger partial charge in [-0.3, -0.25) is 9.59 Å². The predicted octanol–water partition coefficient (Wildman–Crippen LogP) is 8.86. The van der Waals surface area contributed by atoms with Gasteiger partial charge >= 0.3 is 5.97 Å². The maximum absolute atomic E-state index is 14.3. The Balaban J connectivity index is 1.36. The third-order valence-corrected chi connectivity index (χ3v) is 15.7. The number of amides is 1. The molecule has 0 radical (unpaired) electrons. The van der Waals surface area contributed by atoms with Gasteiger partial charge in [0, 0.05) is 18.9 Å². The Labute approximate surface area is 276 Å². The second-order valence-electron chi connectivity index (χ2n) is 17.9. The van der Waals surface area contributed by atoms with Crippen molar-refractivity contribution in [3.63, 3.8) is 0 Å². The van der Waals surface area contributed by atoms with E-state index in [9.17, 15) is 9.59 Å². The molecule has 1 unspecified atom stereocenters. The molecule has 5 rings (SSSR count). The van der Waals surface area contributed by atoms with Crippen LogP contribution in [0, 0.1) is 56.7 Å². The van der Waals surface area contributed by atoms with E-state index in [0.29, 0.717) is 35.5 Å². The Hall–Kier alpha value is -1.36. The average molecular weight is 625 g/mol. The Morgan fingerprint density at radius 2 is 1.44 bits per heavy atom. The third kappa shape index (κ3) is 5.65. The molecule has 5 nitrogen and oxygen atoms in total. The number of unbranched alkanes of at least 4 members (excludes halogenated alkanes) is 4. The minimum Gasteiger partial charge on any atom is -0.462 e. The maximum atomic E-state index is 14.3. The quantitative estimate of drug-likeness (QED) is 0.137. The smallest absolute Gasteiger partial charge is 0.302 e. The number of hydrogen-bond acceptors (Lipinski definition) is 4. The number of ether oxygens (including phenoxy) is 1. The summed E-state index contributed by atoms with van der Waals surface area (Å²) in [5, 5.41) is 6.74. The third-order valence-electron chi connectivity index (χ3n) is 15.7. The molecule has 5 saturated carbocycles. The monoisotopic (exact) mass is 625 g/mol. The van der Waals surface area contributed by atoms with Crippen LogP contribution >= 0.6 is 0 Å². The van der Waals surface area contributed by atoms with Crippen LogP contribution in [0.4, 0.5) is 0 Å². The summed E-state index contributed by atoms with van der Waals surface area (Å²) < 4.78 is 5.96. The van der Waals surface area contributed by atoms with E-state index in [-0.39, 0.29) is 39.1 Å². The van der Waals surface area contributed by atoms with Gasteiger partial charge in [-0.05, 0) is 143 Å². The van der Waals surface area contributed by atoms with Gasteiger partial charge in [0.1, 0.15) is 6.10 Å². The molecule has 0 aromatic rings. The molecule has 1 amide bonds. The first kappa shape index (κ1) is 35.0. The van der Waals surface area contributed by atoms with Crippen molar-refractivity contribution in [1.82, 2.24) is 10.6 Å². The predicted molar refractivity (Wildman–Crippen MR) is 185 cm³/mol. The molecule has 0 spiro atoms. The van der Waals surface area contributed by atoms with Crippen LogP contribution in [0.1, 0.15) is 145 Å². The molecule has 45 heavy (non-hydrogen) atoms. The maximum Gasteiger partial charge on any atom is 0.302 e. The normalized spacial score (nSPS) is 43.3. The summed E-state index contributed by atoms with van der Waals surface area (Å²) in [4.78, 5) is 26.3. The second kappa shape index (κ2) is 12.9. The molecule has 256 valence electrons. The van der Waals surface area contributed by atoms with Crippen molar-refractivity contribution in [2.24, 2.45) is 56.7 Å². The molecule has 5 aliphatic carbocycles. The van der Waals surface area contributed by atoms with Crippen molar-refractivity contribution in [2.45, 2.75) is 151 Å². The Bertz CT molecular complexity index is 1120. The molecule has 5 aliphatic rings. The molecular weight excluding hydrogens is 556 g/mol. The lowest BCUT2D eigenvalue weighted by Crippen LogP contribution is -2.67. The molecule has 0 aliphatic heterocycles. The van der Waals surface area contributed by atoms with E-state index in [2.05, 4.69) is 58.8 Å². The number of allylic oxidation sites excluding steroid dienone is 1. The number of hydrogen-bond donors (Lipinski definition) is 2. The lowest BCUT2D eigenvalue weighted by atomic mass is 9.32. The summed E-state index contributed by atoms with van der Waals surface area (Å²) in [5.41, 5.74) is 1.79. The summed E-state index contributed by atoms with van der Waals surface area (Å²) in [7, 11) is 2.02. The van der Waals surface area contributed by atoms with Crippen LogP contribution in [-0.4, -0.2) is 38.1 Å². The second-order valence-corrected chi connectivity index (χ2v) is 17.9. The summed E-state index contributed by atoms with van der Waals surface area (Å²) in [5.74, 6) is 2.90. The van der Waals surface area contributed by atoms with Crippen molar-refractivity contribution < 1.29 is 14.3 Å². The lowest BCUT2D eigenvalue weighted by molar-refractivity contribution is -0.248. The van der Waals surface area contributed by atoms with Crippen molar-refractivity contribution in [2.75, 3.05) is 20.1 Å². The largest absolute Gasteiger partial charge is 0.462 e. The van der Waals surface area contributed by atoms with E-state index in [0.717, 1.165) is 51.6 Å². The zero-order chi connectivity index (χ0) is 32.8. The van der Waals surface area contributed by atoms with Gasteiger partial charge in [-0.15, -0.1) is 0 Å². The minimum atomic E-state index is -0.227. The van der Waals surface area contributed by atoms with Crippen molar-refractivity contribution >= 4 is 11.9 Å². The molecule has 2 N–H and O–H groups in total. The van der Waals surface area contributed by atoms with Crippen LogP contribution < -0.4 is 10.6 Å². The molecule has 0 aromatic carbocycles. The average Bonchev–Trinajstić information content (AvgIpc) is 3.37. The SMILES string of the molecule is C=C(C)[C@@H]1CC[C@]2(C(=O)NCCCCCCCNC)CC[C@]3(C)[C@H](CCC4[C@@]5(C)CC[C@H](OC(C)=O)C(C)(C)[C@@H]5CC[C@]43C)[C@@H]12. The van der Waals surface area contributed by atoms with Crippen LogP contribution in [-0.2, 0) is 14.3 Å². The summed E-state index contributed by atoms with van der Waals surface area (Å²) in [6.45, 7) is 23.0. The van der Waals surface area contributed by atoms with Crippen LogP contribution in [0.3, 0.4) is 0 Å². The molecule has 0 bridgehead atoms. The topological polar surface area (TPSA) is 67.4 Å². The summed E-state index contributed by atoms with van der Waals surface area (Å²) >= 11 is 0. The van der Waals surface area contributed by atoms with Crippen LogP contribution in [0.2, 0.25) is 0 Å². The Morgan fingerprint density at radius 3 is 2.11 bits per heavy atom. The first-order chi connectivity index (χ1) is 21.2. The zero-order valence-corrected chi connectivity index (χ0v) is 30.4. The van der Waals surface area contributed by atoms with Crippen LogP contribution in [0.15, 0.2) is 12.2 Å². The highest BCUT2D eigenvalue weighted by Gasteiger charge is 2.72. The molecule has 5 fully saturated rings. The number of carbonyl (C=O) groups is 2. The zero-order valence-electron chi connectivity index (χ0n) is 30.4. The lowest BCUT2D eigenvalue weighted by Gasteiger charge is -2.72. The van der Waals surface area contributed by atoms with Gasteiger partial charge in [0.2, 0.25) is 5.91 Å². The van der Waals surface area contributed by atoms with Gasteiger partial charge < -0.3 is 15.4 Å². The van der Waals surface area contributed by atoms with Crippen molar-refractivity contribution in [1.29, 1.82) is 0 Å². The minimum absolute atomic E-state index is 0.0131. The highest BCUT2D eigenvalue weighted by molar-refractivity contribution is 5.83. The van der Waals surface area contributed by atoms with Gasteiger partial charge in [-0.1, -0.05) is 66.0 Å². The highest BCUT2D eigenvalue weighted by Crippen LogP contribution is 2.77. The molecule has 0 saturated heterocycles. The van der Waals surface area contributed by atoms with Gasteiger partial charge in [-0.25, -0.2) is 0 Å². The molecule has 10 atom stereocenters. The molecular formula is C40H68N2O3. The number of fused-ring (bicyclic) bond motifs is 7. The first-order valence-electron chi connectivity index (χ1n) is 18.9. The van der Waals surface area contributed by atoms with Gasteiger partial charge in [0.05, 0.1) is 5.41 Å². The number of nitrogens with one attached hydrogen (secondary N) is 2. The fraction of sp³-hybridized carbons (Fsp3) is 0.900. The molecule has 0 aromatic heterocycles.